The number of likely N-dealkylation sites (tertiary alicyclic amines) is 1. The first-order chi connectivity index (χ1) is 7.16. The number of hydrogen-bond donors (Lipinski definition) is 1. The summed E-state index contributed by atoms with van der Waals surface area (Å²) in [6.07, 6.45) is 3.37. The number of nitrogens with zero attached hydrogens (tertiary/aromatic N) is 4. The monoisotopic (exact) mass is 209 g/mol. The van der Waals surface area contributed by atoms with Gasteiger partial charge < -0.3 is 10.6 Å². The Kier molecular flexibility index (Phi) is 2.68. The van der Waals surface area contributed by atoms with E-state index >= 15 is 0 Å². The molecule has 1 saturated heterocycles. The molecule has 6 nitrogen and oxygen atoms in total. The summed E-state index contributed by atoms with van der Waals surface area (Å²) in [6.45, 7) is 1.22. The van der Waals surface area contributed by atoms with Crippen LogP contribution in [0.25, 0.3) is 0 Å². The lowest BCUT2D eigenvalue weighted by atomic mass is 10.1. The SMILES string of the molecule is Cn1cnc(CN2CCCC(N)C2=O)n1. The van der Waals surface area contributed by atoms with Crippen LogP contribution in [-0.2, 0) is 18.4 Å². The molecule has 2 N–H and O–H groups in total. The molecule has 2 rings (SSSR count). The molecule has 0 radical (unpaired) electrons. The second-order valence-corrected chi connectivity index (χ2v) is 3.84. The van der Waals surface area contributed by atoms with Crippen LogP contribution in [0.2, 0.25) is 0 Å². The summed E-state index contributed by atoms with van der Waals surface area (Å²) in [7, 11) is 1.81. The van der Waals surface area contributed by atoms with Gasteiger partial charge in [-0.15, -0.1) is 0 Å². The van der Waals surface area contributed by atoms with Gasteiger partial charge in [-0.05, 0) is 12.8 Å². The summed E-state index contributed by atoms with van der Waals surface area (Å²) >= 11 is 0. The Bertz CT molecular complexity index is 361. The fourth-order valence-electron chi connectivity index (χ4n) is 1.75. The first-order valence-electron chi connectivity index (χ1n) is 5.05. The number of nitrogens with two attached hydrogens (primary N) is 1. The van der Waals surface area contributed by atoms with Gasteiger partial charge in [0.25, 0.3) is 0 Å². The lowest BCUT2D eigenvalue weighted by Gasteiger charge is -2.29. The maximum Gasteiger partial charge on any atom is 0.239 e. The predicted octanol–water partition coefficient (Wildman–Crippen LogP) is -0.735. The molecule has 6 heteroatoms. The van der Waals surface area contributed by atoms with E-state index in [1.807, 2.05) is 0 Å². The van der Waals surface area contributed by atoms with Gasteiger partial charge >= 0.3 is 0 Å². The van der Waals surface area contributed by atoms with Crippen LogP contribution in [0.4, 0.5) is 0 Å². The molecule has 1 fully saturated rings. The molecule has 0 saturated carbocycles. The highest BCUT2D eigenvalue weighted by atomic mass is 16.2. The lowest BCUT2D eigenvalue weighted by molar-refractivity contribution is -0.135. The number of aryl methyl sites for hydroxylation is 1. The Morgan fingerprint density at radius 1 is 1.67 bits per heavy atom. The van der Waals surface area contributed by atoms with E-state index < -0.39 is 0 Å². The molecule has 1 aliphatic rings. The van der Waals surface area contributed by atoms with Crippen LogP contribution in [0, 0.1) is 0 Å². The molecule has 0 bridgehead atoms. The Labute approximate surface area is 88.1 Å². The van der Waals surface area contributed by atoms with E-state index in [2.05, 4.69) is 10.1 Å². The number of carbonyl (C=O) groups is 1. The lowest BCUT2D eigenvalue weighted by Crippen LogP contribution is -2.47. The molecular weight excluding hydrogens is 194 g/mol. The van der Waals surface area contributed by atoms with Crippen molar-refractivity contribution in [1.82, 2.24) is 19.7 Å². The molecule has 0 spiro atoms. The molecule has 0 aliphatic carbocycles. The number of amides is 1. The van der Waals surface area contributed by atoms with Crippen LogP contribution >= 0.6 is 0 Å². The van der Waals surface area contributed by atoms with Crippen LogP contribution in [0.3, 0.4) is 0 Å². The number of piperidine rings is 1. The van der Waals surface area contributed by atoms with Crippen molar-refractivity contribution in [3.63, 3.8) is 0 Å². The smallest absolute Gasteiger partial charge is 0.239 e. The Balaban J connectivity index is 2.02. The van der Waals surface area contributed by atoms with Gasteiger partial charge in [-0.25, -0.2) is 4.98 Å². The molecule has 2 heterocycles. The molecule has 1 aromatic heterocycles. The molecule has 1 amide bonds. The summed E-state index contributed by atoms with van der Waals surface area (Å²) in [5.74, 6) is 0.675. The molecular formula is C9H15N5O. The maximum absolute atomic E-state index is 11.7. The minimum absolute atomic E-state index is 0.00806. The van der Waals surface area contributed by atoms with Crippen molar-refractivity contribution >= 4 is 5.91 Å². The topological polar surface area (TPSA) is 77.0 Å². The van der Waals surface area contributed by atoms with Crippen molar-refractivity contribution < 1.29 is 4.79 Å². The largest absolute Gasteiger partial charge is 0.334 e. The Hall–Kier alpha value is -1.43. The molecule has 82 valence electrons. The van der Waals surface area contributed by atoms with E-state index in [0.29, 0.717) is 12.4 Å². The van der Waals surface area contributed by atoms with E-state index in [-0.39, 0.29) is 11.9 Å². The summed E-state index contributed by atoms with van der Waals surface area (Å²) in [5.41, 5.74) is 5.69. The Morgan fingerprint density at radius 2 is 2.47 bits per heavy atom. The van der Waals surface area contributed by atoms with E-state index in [9.17, 15) is 4.79 Å². The van der Waals surface area contributed by atoms with Crippen LogP contribution in [-0.4, -0.2) is 38.2 Å². The average molecular weight is 209 g/mol. The summed E-state index contributed by atoms with van der Waals surface area (Å²) < 4.78 is 1.63. The maximum atomic E-state index is 11.7. The second kappa shape index (κ2) is 3.98. The highest BCUT2D eigenvalue weighted by Gasteiger charge is 2.26. The van der Waals surface area contributed by atoms with Gasteiger partial charge in [0.1, 0.15) is 6.33 Å². The van der Waals surface area contributed by atoms with Gasteiger partial charge in [-0.3, -0.25) is 9.48 Å². The summed E-state index contributed by atoms with van der Waals surface area (Å²) in [4.78, 5) is 17.5. The number of aromatic nitrogens is 3. The highest BCUT2D eigenvalue weighted by molar-refractivity contribution is 5.82. The van der Waals surface area contributed by atoms with E-state index in [4.69, 9.17) is 5.73 Å². The minimum atomic E-state index is -0.345. The van der Waals surface area contributed by atoms with Crippen molar-refractivity contribution in [1.29, 1.82) is 0 Å². The molecule has 15 heavy (non-hydrogen) atoms. The predicted molar refractivity (Wildman–Crippen MR) is 53.6 cm³/mol. The number of carbonyl (C=O) groups excluding carboxylic acids is 1. The van der Waals surface area contributed by atoms with Crippen LogP contribution in [0.15, 0.2) is 6.33 Å². The molecule has 1 aromatic rings. The van der Waals surface area contributed by atoms with E-state index in [1.165, 1.54) is 0 Å². The van der Waals surface area contributed by atoms with Crippen LogP contribution in [0.1, 0.15) is 18.7 Å². The van der Waals surface area contributed by atoms with Gasteiger partial charge in [0, 0.05) is 13.6 Å². The molecule has 0 aromatic carbocycles. The fraction of sp³-hybridized carbons (Fsp3) is 0.667. The van der Waals surface area contributed by atoms with Gasteiger partial charge in [0.05, 0.1) is 12.6 Å². The van der Waals surface area contributed by atoms with Crippen molar-refractivity contribution in [2.45, 2.75) is 25.4 Å². The number of hydrogen-bond acceptors (Lipinski definition) is 4. The molecule has 1 unspecified atom stereocenters. The van der Waals surface area contributed by atoms with E-state index in [1.54, 1.807) is 23.0 Å². The standard InChI is InChI=1S/C9H15N5O/c1-13-6-11-8(12-13)5-14-4-2-3-7(10)9(14)15/h6-7H,2-5,10H2,1H3. The van der Waals surface area contributed by atoms with Gasteiger partial charge in [0.2, 0.25) is 5.91 Å². The third kappa shape index (κ3) is 2.15. The zero-order valence-corrected chi connectivity index (χ0v) is 8.76. The first kappa shape index (κ1) is 10.1. The summed E-state index contributed by atoms with van der Waals surface area (Å²) in [5, 5.41) is 4.14. The highest BCUT2D eigenvalue weighted by Crippen LogP contribution is 2.11. The molecule has 1 aliphatic heterocycles. The minimum Gasteiger partial charge on any atom is -0.334 e. The zero-order chi connectivity index (χ0) is 10.8. The average Bonchev–Trinajstić information content (AvgIpc) is 2.59. The zero-order valence-electron chi connectivity index (χ0n) is 8.76. The van der Waals surface area contributed by atoms with Crippen molar-refractivity contribution in [2.24, 2.45) is 12.8 Å². The molecule has 1 atom stereocenters. The van der Waals surface area contributed by atoms with Crippen LogP contribution in [0.5, 0.6) is 0 Å². The summed E-state index contributed by atoms with van der Waals surface area (Å²) in [6, 6.07) is -0.345. The van der Waals surface area contributed by atoms with Gasteiger partial charge in [-0.1, -0.05) is 0 Å². The van der Waals surface area contributed by atoms with Gasteiger partial charge in [-0.2, -0.15) is 5.10 Å². The third-order valence-electron chi connectivity index (χ3n) is 2.55. The number of rotatable bonds is 2. The van der Waals surface area contributed by atoms with E-state index in [0.717, 1.165) is 19.4 Å². The third-order valence-corrected chi connectivity index (χ3v) is 2.55. The van der Waals surface area contributed by atoms with Crippen molar-refractivity contribution in [3.05, 3.63) is 12.2 Å². The van der Waals surface area contributed by atoms with Crippen LogP contribution < -0.4 is 5.73 Å². The van der Waals surface area contributed by atoms with Crippen molar-refractivity contribution in [2.75, 3.05) is 6.54 Å². The second-order valence-electron chi connectivity index (χ2n) is 3.84. The Morgan fingerprint density at radius 3 is 3.13 bits per heavy atom. The van der Waals surface area contributed by atoms with Gasteiger partial charge in [0.15, 0.2) is 5.82 Å². The normalized spacial score (nSPS) is 22.1. The first-order valence-corrected chi connectivity index (χ1v) is 5.05. The van der Waals surface area contributed by atoms with Crippen molar-refractivity contribution in [3.8, 4) is 0 Å². The quantitative estimate of drug-likeness (QED) is 0.696. The fourth-order valence-corrected chi connectivity index (χ4v) is 1.75.